The van der Waals surface area contributed by atoms with Crippen molar-refractivity contribution in [2.75, 3.05) is 0 Å². The molecule has 0 atom stereocenters. The Morgan fingerprint density at radius 3 is 2.47 bits per heavy atom. The molecule has 0 saturated carbocycles. The highest BCUT2D eigenvalue weighted by atomic mass is 16.3. The first-order valence-corrected chi connectivity index (χ1v) is 5.99. The fourth-order valence-corrected chi connectivity index (χ4v) is 1.75. The average molecular weight is 211 g/mol. The number of hydrogen-bond acceptors (Lipinski definition) is 1. The Hall–Kier alpha value is -0.990. The SMILES string of the molecule is CCCCCCCCn1cc[n+](C)c1O. The van der Waals surface area contributed by atoms with Crippen LogP contribution in [0.1, 0.15) is 45.4 Å². The van der Waals surface area contributed by atoms with Crippen molar-refractivity contribution < 1.29 is 9.67 Å². The molecule has 0 aliphatic heterocycles. The van der Waals surface area contributed by atoms with Crippen molar-refractivity contribution in [1.29, 1.82) is 0 Å². The van der Waals surface area contributed by atoms with Crippen LogP contribution in [0.2, 0.25) is 0 Å². The van der Waals surface area contributed by atoms with Gasteiger partial charge in [0.1, 0.15) is 12.4 Å². The van der Waals surface area contributed by atoms with Gasteiger partial charge in [0.05, 0.1) is 13.6 Å². The maximum Gasteiger partial charge on any atom is 0.453 e. The molecule has 0 fully saturated rings. The van der Waals surface area contributed by atoms with E-state index in [1.165, 1.54) is 32.1 Å². The number of unbranched alkanes of at least 4 members (excludes halogenated alkanes) is 5. The lowest BCUT2D eigenvalue weighted by Crippen LogP contribution is -2.25. The molecule has 0 radical (unpaired) electrons. The molecule has 0 unspecified atom stereocenters. The van der Waals surface area contributed by atoms with Crippen molar-refractivity contribution in [3.8, 4) is 6.01 Å². The van der Waals surface area contributed by atoms with Gasteiger partial charge in [-0.15, -0.1) is 0 Å². The monoisotopic (exact) mass is 211 g/mol. The van der Waals surface area contributed by atoms with Gasteiger partial charge in [0, 0.05) is 0 Å². The first-order chi connectivity index (χ1) is 7.25. The maximum atomic E-state index is 9.60. The van der Waals surface area contributed by atoms with Crippen LogP contribution in [0.25, 0.3) is 0 Å². The zero-order valence-corrected chi connectivity index (χ0v) is 9.95. The van der Waals surface area contributed by atoms with Gasteiger partial charge in [-0.3, -0.25) is 0 Å². The molecule has 0 aliphatic rings. The molecular weight excluding hydrogens is 188 g/mol. The smallest absolute Gasteiger partial charge is 0.446 e. The second-order valence-electron chi connectivity index (χ2n) is 4.17. The van der Waals surface area contributed by atoms with E-state index in [0.29, 0.717) is 6.01 Å². The minimum atomic E-state index is 0.351. The summed E-state index contributed by atoms with van der Waals surface area (Å²) < 4.78 is 3.64. The molecular formula is C12H23N2O+. The van der Waals surface area contributed by atoms with E-state index in [1.807, 2.05) is 24.0 Å². The molecule has 0 bridgehead atoms. The summed E-state index contributed by atoms with van der Waals surface area (Å²) in [4.78, 5) is 0. The van der Waals surface area contributed by atoms with Gasteiger partial charge < -0.3 is 5.11 Å². The highest BCUT2D eigenvalue weighted by molar-refractivity contribution is 4.85. The highest BCUT2D eigenvalue weighted by Gasteiger charge is 2.10. The van der Waals surface area contributed by atoms with Gasteiger partial charge in [0.2, 0.25) is 0 Å². The highest BCUT2D eigenvalue weighted by Crippen LogP contribution is 2.08. The molecule has 1 N–H and O–H groups in total. The minimum absolute atomic E-state index is 0.351. The van der Waals surface area contributed by atoms with Crippen molar-refractivity contribution in [2.24, 2.45) is 7.05 Å². The van der Waals surface area contributed by atoms with E-state index in [4.69, 9.17) is 0 Å². The molecule has 86 valence electrons. The van der Waals surface area contributed by atoms with E-state index in [-0.39, 0.29) is 0 Å². The van der Waals surface area contributed by atoms with Crippen LogP contribution in [0.3, 0.4) is 0 Å². The summed E-state index contributed by atoms with van der Waals surface area (Å²) in [6.45, 7) is 3.16. The van der Waals surface area contributed by atoms with Crippen LogP contribution in [-0.2, 0) is 13.6 Å². The molecule has 15 heavy (non-hydrogen) atoms. The van der Waals surface area contributed by atoms with Gasteiger partial charge >= 0.3 is 6.01 Å². The third-order valence-corrected chi connectivity index (χ3v) is 2.80. The van der Waals surface area contributed by atoms with Gasteiger partial charge in [-0.05, 0) is 12.8 Å². The Morgan fingerprint density at radius 2 is 1.87 bits per heavy atom. The molecule has 1 rings (SSSR count). The van der Waals surface area contributed by atoms with E-state index in [9.17, 15) is 5.11 Å². The number of aromatic hydroxyl groups is 1. The molecule has 0 aromatic carbocycles. The lowest BCUT2D eigenvalue weighted by atomic mass is 10.1. The number of nitrogens with zero attached hydrogens (tertiary/aromatic N) is 2. The number of hydrogen-bond donors (Lipinski definition) is 1. The first kappa shape index (κ1) is 12.1. The molecule has 0 spiro atoms. The van der Waals surface area contributed by atoms with Crippen molar-refractivity contribution in [1.82, 2.24) is 4.57 Å². The number of rotatable bonds is 7. The molecule has 1 aromatic heterocycles. The quantitative estimate of drug-likeness (QED) is 0.544. The third-order valence-electron chi connectivity index (χ3n) is 2.80. The predicted molar refractivity (Wildman–Crippen MR) is 60.6 cm³/mol. The summed E-state index contributed by atoms with van der Waals surface area (Å²) >= 11 is 0. The van der Waals surface area contributed by atoms with E-state index >= 15 is 0 Å². The zero-order valence-electron chi connectivity index (χ0n) is 9.95. The molecule has 0 aliphatic carbocycles. The molecule has 1 heterocycles. The van der Waals surface area contributed by atoms with Gasteiger partial charge in [0.25, 0.3) is 0 Å². The van der Waals surface area contributed by atoms with Crippen molar-refractivity contribution in [2.45, 2.75) is 52.0 Å². The molecule has 0 saturated heterocycles. The number of imidazole rings is 1. The van der Waals surface area contributed by atoms with Crippen LogP contribution in [0.15, 0.2) is 12.4 Å². The van der Waals surface area contributed by atoms with Crippen molar-refractivity contribution in [3.05, 3.63) is 12.4 Å². The second kappa shape index (κ2) is 6.49. The Kier molecular flexibility index (Phi) is 5.22. The number of aromatic nitrogens is 2. The normalized spacial score (nSPS) is 10.8. The fourth-order valence-electron chi connectivity index (χ4n) is 1.75. The summed E-state index contributed by atoms with van der Waals surface area (Å²) in [6, 6.07) is 0.351. The molecule has 3 heteroatoms. The van der Waals surface area contributed by atoms with Crippen molar-refractivity contribution >= 4 is 0 Å². The Labute approximate surface area is 92.4 Å². The van der Waals surface area contributed by atoms with E-state index in [0.717, 1.165) is 13.0 Å². The average Bonchev–Trinajstić information content (AvgIpc) is 2.54. The third kappa shape index (κ3) is 3.94. The van der Waals surface area contributed by atoms with Crippen molar-refractivity contribution in [3.63, 3.8) is 0 Å². The van der Waals surface area contributed by atoms with Crippen LogP contribution in [0.5, 0.6) is 6.01 Å². The second-order valence-corrected chi connectivity index (χ2v) is 4.17. The van der Waals surface area contributed by atoms with Crippen LogP contribution in [-0.4, -0.2) is 9.67 Å². The Bertz CT molecular complexity index is 281. The van der Waals surface area contributed by atoms with Gasteiger partial charge in [-0.2, -0.15) is 4.57 Å². The van der Waals surface area contributed by atoms with Crippen LogP contribution >= 0.6 is 0 Å². The van der Waals surface area contributed by atoms with E-state index < -0.39 is 0 Å². The first-order valence-electron chi connectivity index (χ1n) is 5.99. The maximum absolute atomic E-state index is 9.60. The largest absolute Gasteiger partial charge is 0.453 e. The van der Waals surface area contributed by atoms with Crippen LogP contribution in [0.4, 0.5) is 0 Å². The predicted octanol–water partition coefficient (Wildman–Crippen LogP) is 2.38. The summed E-state index contributed by atoms with van der Waals surface area (Å²) in [5, 5.41) is 9.60. The molecule has 3 nitrogen and oxygen atoms in total. The zero-order chi connectivity index (χ0) is 11.1. The Morgan fingerprint density at radius 1 is 1.20 bits per heavy atom. The van der Waals surface area contributed by atoms with E-state index in [2.05, 4.69) is 6.92 Å². The molecule has 0 amide bonds. The van der Waals surface area contributed by atoms with Crippen LogP contribution < -0.4 is 4.57 Å². The standard InChI is InChI=1S/C12H22N2O/c1-3-4-5-6-7-8-9-14-11-10-13(2)12(14)15/h10-11H,3-9H2,1-2H3/p+1. The Balaban J connectivity index is 2.12. The topological polar surface area (TPSA) is 29.0 Å². The minimum Gasteiger partial charge on any atom is -0.446 e. The summed E-state index contributed by atoms with van der Waals surface area (Å²) in [5.74, 6) is 0. The van der Waals surface area contributed by atoms with Crippen LogP contribution in [0, 0.1) is 0 Å². The van der Waals surface area contributed by atoms with E-state index in [1.54, 1.807) is 4.57 Å². The fraction of sp³-hybridized carbons (Fsp3) is 0.750. The van der Waals surface area contributed by atoms with Gasteiger partial charge in [0.15, 0.2) is 0 Å². The summed E-state index contributed by atoms with van der Waals surface area (Å²) in [7, 11) is 1.85. The van der Waals surface area contributed by atoms with Gasteiger partial charge in [-0.1, -0.05) is 32.6 Å². The van der Waals surface area contributed by atoms with Gasteiger partial charge in [-0.25, -0.2) is 4.57 Å². The summed E-state index contributed by atoms with van der Waals surface area (Å²) in [6.07, 6.45) is 11.6. The summed E-state index contributed by atoms with van der Waals surface area (Å²) in [5.41, 5.74) is 0. The lowest BCUT2D eigenvalue weighted by Gasteiger charge is -1.99. The molecule has 1 aromatic rings. The number of aryl methyl sites for hydroxylation is 2. The lowest BCUT2D eigenvalue weighted by molar-refractivity contribution is -0.677.